The van der Waals surface area contributed by atoms with Gasteiger partial charge in [-0.1, -0.05) is 13.8 Å². The first-order valence-corrected chi connectivity index (χ1v) is 6.28. The normalized spacial score (nSPS) is 24.6. The van der Waals surface area contributed by atoms with Gasteiger partial charge in [0.25, 0.3) is 5.91 Å². The fraction of sp³-hybridized carbons (Fsp3) is 0.500. The van der Waals surface area contributed by atoms with Crippen LogP contribution >= 0.6 is 0 Å². The lowest BCUT2D eigenvalue weighted by molar-refractivity contribution is -0.0942. The number of hydrogen-bond acceptors (Lipinski definition) is 4. The number of methoxy groups -OCH3 is 1. The Hall–Kier alpha value is -1.75. The Morgan fingerprint density at radius 3 is 2.79 bits per heavy atom. The summed E-state index contributed by atoms with van der Waals surface area (Å²) in [6.07, 6.45) is 0.938. The highest BCUT2D eigenvalue weighted by atomic mass is 16.5. The van der Waals surface area contributed by atoms with Crippen LogP contribution in [0.15, 0.2) is 18.2 Å². The van der Waals surface area contributed by atoms with Gasteiger partial charge in [-0.2, -0.15) is 0 Å². The van der Waals surface area contributed by atoms with Crippen molar-refractivity contribution in [1.29, 1.82) is 0 Å². The third kappa shape index (κ3) is 2.38. The topological polar surface area (TPSA) is 84.6 Å². The number of carbonyl (C=O) groups is 1. The van der Waals surface area contributed by atoms with Gasteiger partial charge in [0.15, 0.2) is 0 Å². The second-order valence-electron chi connectivity index (χ2n) is 5.58. The lowest BCUT2D eigenvalue weighted by Crippen LogP contribution is -2.61. The summed E-state index contributed by atoms with van der Waals surface area (Å²) in [6.45, 7) is 4.11. The molecule has 0 aliphatic heterocycles. The highest BCUT2D eigenvalue weighted by Gasteiger charge is 2.49. The SMILES string of the molecule is COC1CC(NC(=O)c2cc(O)ccc2N)C1(C)C. The second kappa shape index (κ2) is 4.74. The van der Waals surface area contributed by atoms with E-state index in [2.05, 4.69) is 19.2 Å². The van der Waals surface area contributed by atoms with Crippen molar-refractivity contribution in [3.8, 4) is 5.75 Å². The first-order chi connectivity index (χ1) is 8.86. The molecule has 1 aromatic rings. The third-order valence-corrected chi connectivity index (χ3v) is 4.05. The molecule has 2 atom stereocenters. The van der Waals surface area contributed by atoms with Gasteiger partial charge in [-0.3, -0.25) is 4.79 Å². The summed E-state index contributed by atoms with van der Waals surface area (Å²) < 4.78 is 5.35. The molecule has 19 heavy (non-hydrogen) atoms. The Morgan fingerprint density at radius 2 is 2.21 bits per heavy atom. The molecule has 2 unspecified atom stereocenters. The minimum atomic E-state index is -0.263. The Morgan fingerprint density at radius 1 is 1.53 bits per heavy atom. The lowest BCUT2D eigenvalue weighted by atomic mass is 9.64. The predicted molar refractivity (Wildman–Crippen MR) is 73.0 cm³/mol. The summed E-state index contributed by atoms with van der Waals surface area (Å²) in [5.74, 6) is -0.233. The van der Waals surface area contributed by atoms with Gasteiger partial charge in [0.1, 0.15) is 5.75 Å². The number of nitrogens with one attached hydrogen (secondary N) is 1. The van der Waals surface area contributed by atoms with Crippen molar-refractivity contribution in [2.45, 2.75) is 32.4 Å². The summed E-state index contributed by atoms with van der Waals surface area (Å²) in [7, 11) is 1.68. The molecule has 1 fully saturated rings. The number of ether oxygens (including phenoxy) is 1. The Labute approximate surface area is 112 Å². The average Bonchev–Trinajstić information content (AvgIpc) is 2.36. The summed E-state index contributed by atoms with van der Waals surface area (Å²) >= 11 is 0. The number of benzene rings is 1. The number of nitrogen functional groups attached to an aromatic ring is 1. The zero-order valence-corrected chi connectivity index (χ0v) is 11.4. The van der Waals surface area contributed by atoms with Gasteiger partial charge in [-0.05, 0) is 24.6 Å². The van der Waals surface area contributed by atoms with E-state index in [9.17, 15) is 9.90 Å². The van der Waals surface area contributed by atoms with E-state index >= 15 is 0 Å². The number of phenols is 1. The first kappa shape index (κ1) is 13.7. The van der Waals surface area contributed by atoms with Crippen LogP contribution in [0.3, 0.4) is 0 Å². The summed E-state index contributed by atoms with van der Waals surface area (Å²) in [5.41, 5.74) is 6.31. The van der Waals surface area contributed by atoms with Crippen LogP contribution in [0, 0.1) is 5.41 Å². The van der Waals surface area contributed by atoms with Crippen LogP contribution in [0.4, 0.5) is 5.69 Å². The minimum Gasteiger partial charge on any atom is -0.508 e. The number of hydrogen-bond donors (Lipinski definition) is 3. The third-order valence-electron chi connectivity index (χ3n) is 4.05. The first-order valence-electron chi connectivity index (χ1n) is 6.28. The van der Waals surface area contributed by atoms with Crippen molar-refractivity contribution < 1.29 is 14.6 Å². The van der Waals surface area contributed by atoms with E-state index in [1.807, 2.05) is 0 Å². The summed E-state index contributed by atoms with van der Waals surface area (Å²) in [4.78, 5) is 12.2. The number of phenolic OH excluding ortho intramolecular Hbond substituents is 1. The van der Waals surface area contributed by atoms with Gasteiger partial charge < -0.3 is 20.9 Å². The quantitative estimate of drug-likeness (QED) is 0.571. The Bertz CT molecular complexity index is 499. The van der Waals surface area contributed by atoms with Crippen LogP contribution in [0.5, 0.6) is 5.75 Å². The fourth-order valence-corrected chi connectivity index (χ4v) is 2.51. The standard InChI is InChI=1S/C14H20N2O3/c1-14(2)11(7-12(14)19-3)16-13(18)9-6-8(17)4-5-10(9)15/h4-6,11-12,17H,7,15H2,1-3H3,(H,16,18). The van der Waals surface area contributed by atoms with Crippen molar-refractivity contribution in [3.05, 3.63) is 23.8 Å². The number of rotatable bonds is 3. The molecule has 0 spiro atoms. The molecule has 0 radical (unpaired) electrons. The van der Waals surface area contributed by atoms with Gasteiger partial charge in [-0.15, -0.1) is 0 Å². The van der Waals surface area contributed by atoms with E-state index < -0.39 is 0 Å². The van der Waals surface area contributed by atoms with Gasteiger partial charge in [0.2, 0.25) is 0 Å². The van der Waals surface area contributed by atoms with Gasteiger partial charge in [-0.25, -0.2) is 0 Å². The van der Waals surface area contributed by atoms with Gasteiger partial charge >= 0.3 is 0 Å². The molecule has 1 saturated carbocycles. The zero-order valence-electron chi connectivity index (χ0n) is 11.4. The van der Waals surface area contributed by atoms with E-state index in [1.54, 1.807) is 7.11 Å². The molecule has 0 aromatic heterocycles. The second-order valence-corrected chi connectivity index (χ2v) is 5.58. The van der Waals surface area contributed by atoms with Crippen molar-refractivity contribution in [1.82, 2.24) is 5.32 Å². The lowest BCUT2D eigenvalue weighted by Gasteiger charge is -2.51. The number of amides is 1. The van der Waals surface area contributed by atoms with Crippen LogP contribution in [-0.4, -0.2) is 30.3 Å². The van der Waals surface area contributed by atoms with E-state index in [4.69, 9.17) is 10.5 Å². The van der Waals surface area contributed by atoms with E-state index in [1.165, 1.54) is 18.2 Å². The molecular formula is C14H20N2O3. The maximum absolute atomic E-state index is 12.2. The van der Waals surface area contributed by atoms with Crippen LogP contribution in [0.1, 0.15) is 30.6 Å². The number of nitrogens with two attached hydrogens (primary N) is 1. The van der Waals surface area contributed by atoms with Gasteiger partial charge in [0.05, 0.1) is 11.7 Å². The molecule has 1 aliphatic carbocycles. The minimum absolute atomic E-state index is 0.0296. The average molecular weight is 264 g/mol. The monoisotopic (exact) mass is 264 g/mol. The predicted octanol–water partition coefficient (Wildman–Crippen LogP) is 1.52. The molecule has 1 amide bonds. The van der Waals surface area contributed by atoms with Crippen LogP contribution in [0.25, 0.3) is 0 Å². The van der Waals surface area contributed by atoms with Gasteiger partial charge in [0, 0.05) is 24.3 Å². The number of anilines is 1. The van der Waals surface area contributed by atoms with E-state index in [0.29, 0.717) is 11.3 Å². The molecule has 1 aromatic carbocycles. The fourth-order valence-electron chi connectivity index (χ4n) is 2.51. The Kier molecular flexibility index (Phi) is 3.41. The largest absolute Gasteiger partial charge is 0.508 e. The molecule has 5 heteroatoms. The maximum Gasteiger partial charge on any atom is 0.253 e. The highest BCUT2D eigenvalue weighted by molar-refractivity contribution is 5.99. The smallest absolute Gasteiger partial charge is 0.253 e. The number of carbonyl (C=O) groups excluding carboxylic acids is 1. The molecule has 0 heterocycles. The van der Waals surface area contributed by atoms with Crippen LogP contribution < -0.4 is 11.1 Å². The number of aromatic hydroxyl groups is 1. The molecule has 4 N–H and O–H groups in total. The molecule has 2 rings (SSSR count). The van der Waals surface area contributed by atoms with Crippen LogP contribution in [0.2, 0.25) is 0 Å². The summed E-state index contributed by atoms with van der Waals surface area (Å²) in [6, 6.07) is 4.41. The zero-order chi connectivity index (χ0) is 14.2. The van der Waals surface area contributed by atoms with E-state index in [-0.39, 0.29) is 29.2 Å². The van der Waals surface area contributed by atoms with Crippen LogP contribution in [-0.2, 0) is 4.74 Å². The van der Waals surface area contributed by atoms with Crippen molar-refractivity contribution in [3.63, 3.8) is 0 Å². The summed E-state index contributed by atoms with van der Waals surface area (Å²) in [5, 5.41) is 12.4. The van der Waals surface area contributed by atoms with Crippen molar-refractivity contribution >= 4 is 11.6 Å². The van der Waals surface area contributed by atoms with Crippen molar-refractivity contribution in [2.75, 3.05) is 12.8 Å². The molecule has 1 aliphatic rings. The van der Waals surface area contributed by atoms with E-state index in [0.717, 1.165) is 6.42 Å². The Balaban J connectivity index is 2.09. The maximum atomic E-state index is 12.2. The molecule has 0 bridgehead atoms. The molecule has 0 saturated heterocycles. The molecule has 104 valence electrons. The molecular weight excluding hydrogens is 244 g/mol. The van der Waals surface area contributed by atoms with Crippen molar-refractivity contribution in [2.24, 2.45) is 5.41 Å². The highest BCUT2D eigenvalue weighted by Crippen LogP contribution is 2.42. The molecule has 5 nitrogen and oxygen atoms in total.